The lowest BCUT2D eigenvalue weighted by molar-refractivity contribution is 0.1000. The number of anilines is 2. The first-order chi connectivity index (χ1) is 9.79. The van der Waals surface area contributed by atoms with E-state index >= 15 is 0 Å². The highest BCUT2D eigenvalue weighted by Crippen LogP contribution is 2.22. The highest BCUT2D eigenvalue weighted by atomic mass is 79.9. The van der Waals surface area contributed by atoms with Gasteiger partial charge in [-0.25, -0.2) is 13.4 Å². The van der Waals surface area contributed by atoms with E-state index in [-0.39, 0.29) is 21.8 Å². The highest BCUT2D eigenvalue weighted by Gasteiger charge is 2.18. The van der Waals surface area contributed by atoms with E-state index in [1.807, 2.05) is 0 Å². The number of carbonyl (C=O) groups is 1. The smallest absolute Gasteiger partial charge is 0.263 e. The van der Waals surface area contributed by atoms with Gasteiger partial charge in [-0.2, -0.15) is 0 Å². The van der Waals surface area contributed by atoms with E-state index in [1.165, 1.54) is 24.4 Å². The molecule has 1 aromatic heterocycles. The van der Waals surface area contributed by atoms with Crippen molar-refractivity contribution >= 4 is 43.2 Å². The summed E-state index contributed by atoms with van der Waals surface area (Å²) in [6.07, 6.45) is 1.36. The fourth-order valence-corrected chi connectivity index (χ4v) is 2.98. The van der Waals surface area contributed by atoms with Gasteiger partial charge in [0, 0.05) is 5.56 Å². The number of amides is 1. The highest BCUT2D eigenvalue weighted by molar-refractivity contribution is 9.10. The van der Waals surface area contributed by atoms with Gasteiger partial charge in [0.15, 0.2) is 0 Å². The predicted octanol–water partition coefficient (Wildman–Crippen LogP) is 1.33. The SMILES string of the molecule is NC(=O)c1ccc(S(=O)(=O)Nc2ccc(Br)nc2)c(N)c1. The Morgan fingerprint density at radius 3 is 2.48 bits per heavy atom. The van der Waals surface area contributed by atoms with Crippen LogP contribution in [0.2, 0.25) is 0 Å². The molecule has 7 nitrogen and oxygen atoms in total. The molecule has 9 heteroatoms. The molecule has 0 saturated carbocycles. The summed E-state index contributed by atoms with van der Waals surface area (Å²) in [5.41, 5.74) is 11.1. The maximum atomic E-state index is 12.2. The minimum absolute atomic E-state index is 0.0659. The third-order valence-electron chi connectivity index (χ3n) is 2.56. The minimum atomic E-state index is -3.88. The van der Waals surface area contributed by atoms with Crippen LogP contribution in [-0.4, -0.2) is 19.3 Å². The summed E-state index contributed by atoms with van der Waals surface area (Å²) in [6.45, 7) is 0. The molecule has 0 spiro atoms. The Bertz CT molecular complexity index is 791. The Morgan fingerprint density at radius 1 is 1.24 bits per heavy atom. The largest absolute Gasteiger partial charge is 0.398 e. The number of benzene rings is 1. The zero-order valence-electron chi connectivity index (χ0n) is 10.6. The van der Waals surface area contributed by atoms with Gasteiger partial charge in [0.2, 0.25) is 5.91 Å². The van der Waals surface area contributed by atoms with Crippen molar-refractivity contribution in [3.8, 4) is 0 Å². The summed E-state index contributed by atoms with van der Waals surface area (Å²) >= 11 is 3.15. The number of nitrogens with one attached hydrogen (secondary N) is 1. The first kappa shape index (κ1) is 15.3. The molecule has 110 valence electrons. The number of nitrogens with zero attached hydrogens (tertiary/aromatic N) is 1. The second-order valence-corrected chi connectivity index (χ2v) is 6.56. The van der Waals surface area contributed by atoms with E-state index in [4.69, 9.17) is 11.5 Å². The van der Waals surface area contributed by atoms with Gasteiger partial charge in [0.05, 0.1) is 17.6 Å². The average molecular weight is 371 g/mol. The minimum Gasteiger partial charge on any atom is -0.398 e. The second-order valence-electron chi connectivity index (χ2n) is 4.09. The first-order valence-electron chi connectivity index (χ1n) is 5.63. The molecule has 0 aliphatic heterocycles. The van der Waals surface area contributed by atoms with Crippen LogP contribution in [0.4, 0.5) is 11.4 Å². The van der Waals surface area contributed by atoms with E-state index in [0.717, 1.165) is 0 Å². The topological polar surface area (TPSA) is 128 Å². The Hall–Kier alpha value is -2.13. The summed E-state index contributed by atoms with van der Waals surface area (Å²) in [5.74, 6) is -0.685. The Morgan fingerprint density at radius 2 is 1.95 bits per heavy atom. The second kappa shape index (κ2) is 5.70. The van der Waals surface area contributed by atoms with Crippen LogP contribution < -0.4 is 16.2 Å². The number of pyridine rings is 1. The maximum absolute atomic E-state index is 12.2. The van der Waals surface area contributed by atoms with Crippen LogP contribution >= 0.6 is 15.9 Å². The van der Waals surface area contributed by atoms with Crippen LogP contribution in [0.25, 0.3) is 0 Å². The van der Waals surface area contributed by atoms with E-state index < -0.39 is 15.9 Å². The number of carbonyl (C=O) groups excluding carboxylic acids is 1. The third kappa shape index (κ3) is 3.50. The summed E-state index contributed by atoms with van der Waals surface area (Å²) in [5, 5.41) is 0. The summed E-state index contributed by atoms with van der Waals surface area (Å²) in [4.78, 5) is 14.8. The molecule has 0 saturated heterocycles. The summed E-state index contributed by atoms with van der Waals surface area (Å²) < 4.78 is 27.4. The van der Waals surface area contributed by atoms with E-state index in [0.29, 0.717) is 4.60 Å². The van der Waals surface area contributed by atoms with Crippen molar-refractivity contribution in [2.45, 2.75) is 4.90 Å². The Balaban J connectivity index is 2.35. The Kier molecular flexibility index (Phi) is 4.14. The fraction of sp³-hybridized carbons (Fsp3) is 0. The molecule has 2 rings (SSSR count). The molecule has 0 atom stereocenters. The lowest BCUT2D eigenvalue weighted by Gasteiger charge is -2.10. The molecular weight excluding hydrogens is 360 g/mol. The number of rotatable bonds is 4. The van der Waals surface area contributed by atoms with E-state index in [1.54, 1.807) is 12.1 Å². The number of nitrogens with two attached hydrogens (primary N) is 2. The molecule has 0 aliphatic rings. The maximum Gasteiger partial charge on any atom is 0.263 e. The molecule has 1 aromatic carbocycles. The molecule has 1 amide bonds. The van der Waals surface area contributed by atoms with Gasteiger partial charge >= 0.3 is 0 Å². The van der Waals surface area contributed by atoms with Gasteiger partial charge in [0.25, 0.3) is 10.0 Å². The van der Waals surface area contributed by atoms with Crippen LogP contribution in [0.3, 0.4) is 0 Å². The number of hydrogen-bond acceptors (Lipinski definition) is 5. The van der Waals surface area contributed by atoms with Crippen molar-refractivity contribution in [1.29, 1.82) is 0 Å². The van der Waals surface area contributed by atoms with E-state index in [9.17, 15) is 13.2 Å². The molecule has 21 heavy (non-hydrogen) atoms. The van der Waals surface area contributed by atoms with Gasteiger partial charge in [-0.1, -0.05) is 0 Å². The number of aromatic nitrogens is 1. The molecule has 0 fully saturated rings. The van der Waals surface area contributed by atoms with Gasteiger partial charge in [0.1, 0.15) is 9.50 Å². The van der Waals surface area contributed by atoms with Crippen LogP contribution in [0.1, 0.15) is 10.4 Å². The molecule has 0 radical (unpaired) electrons. The summed E-state index contributed by atoms with van der Waals surface area (Å²) in [6, 6.07) is 6.88. The molecule has 1 heterocycles. The van der Waals surface area contributed by atoms with Crippen molar-refractivity contribution in [2.75, 3.05) is 10.5 Å². The van der Waals surface area contributed by atoms with Gasteiger partial charge in [-0.15, -0.1) is 0 Å². The van der Waals surface area contributed by atoms with Crippen molar-refractivity contribution < 1.29 is 13.2 Å². The van der Waals surface area contributed by atoms with Crippen molar-refractivity contribution in [3.05, 3.63) is 46.7 Å². The van der Waals surface area contributed by atoms with Crippen LogP contribution in [0.15, 0.2) is 46.0 Å². The molecule has 0 bridgehead atoms. The van der Waals surface area contributed by atoms with Crippen molar-refractivity contribution in [1.82, 2.24) is 4.98 Å². The average Bonchev–Trinajstić information content (AvgIpc) is 2.40. The zero-order valence-corrected chi connectivity index (χ0v) is 13.0. The molecule has 0 unspecified atom stereocenters. The van der Waals surface area contributed by atoms with Crippen molar-refractivity contribution in [2.24, 2.45) is 5.73 Å². The lowest BCUT2D eigenvalue weighted by Crippen LogP contribution is -2.17. The fourth-order valence-electron chi connectivity index (χ4n) is 1.59. The molecular formula is C12H11BrN4O3S. The van der Waals surface area contributed by atoms with Gasteiger partial charge < -0.3 is 11.5 Å². The van der Waals surface area contributed by atoms with Crippen LogP contribution in [-0.2, 0) is 10.0 Å². The quantitative estimate of drug-likeness (QED) is 0.552. The predicted molar refractivity (Wildman–Crippen MR) is 82.1 cm³/mol. The van der Waals surface area contributed by atoms with Crippen molar-refractivity contribution in [3.63, 3.8) is 0 Å². The normalized spacial score (nSPS) is 11.1. The number of nitrogen functional groups attached to an aromatic ring is 1. The molecule has 0 aliphatic carbocycles. The zero-order chi connectivity index (χ0) is 15.6. The number of sulfonamides is 1. The van der Waals surface area contributed by atoms with Gasteiger partial charge in [-0.3, -0.25) is 9.52 Å². The standard InChI is InChI=1S/C12H11BrN4O3S/c13-11-4-2-8(6-16-11)17-21(19,20)10-3-1-7(12(15)18)5-9(10)14/h1-6,17H,14H2,(H2,15,18). The van der Waals surface area contributed by atoms with Crippen LogP contribution in [0.5, 0.6) is 0 Å². The lowest BCUT2D eigenvalue weighted by atomic mass is 10.2. The monoisotopic (exact) mass is 370 g/mol. The van der Waals surface area contributed by atoms with Crippen LogP contribution in [0, 0.1) is 0 Å². The number of halogens is 1. The van der Waals surface area contributed by atoms with E-state index in [2.05, 4.69) is 25.6 Å². The molecule has 5 N–H and O–H groups in total. The number of primary amides is 1. The molecule has 2 aromatic rings. The number of hydrogen-bond donors (Lipinski definition) is 3. The Labute approximate surface area is 129 Å². The summed E-state index contributed by atoms with van der Waals surface area (Å²) in [7, 11) is -3.88. The first-order valence-corrected chi connectivity index (χ1v) is 7.91. The third-order valence-corrected chi connectivity index (χ3v) is 4.49. The van der Waals surface area contributed by atoms with Gasteiger partial charge in [-0.05, 0) is 46.3 Å².